The Morgan fingerprint density at radius 3 is 2.69 bits per heavy atom. The van der Waals surface area contributed by atoms with E-state index in [9.17, 15) is 15.3 Å². The lowest BCUT2D eigenvalue weighted by molar-refractivity contribution is -0.0501. The summed E-state index contributed by atoms with van der Waals surface area (Å²) in [5, 5.41) is 32.9. The lowest BCUT2D eigenvalue weighted by atomic mass is 10.1. The number of nitrogens with one attached hydrogen (secondary N) is 1. The van der Waals surface area contributed by atoms with E-state index < -0.39 is 31.1 Å². The molecule has 0 amide bonds. The van der Waals surface area contributed by atoms with Gasteiger partial charge in [0.05, 0.1) is 6.61 Å². The molecule has 4 atom stereocenters. The van der Waals surface area contributed by atoms with Crippen molar-refractivity contribution in [2.45, 2.75) is 43.8 Å². The molecule has 2 aromatic rings. The predicted molar refractivity (Wildman–Crippen MR) is 94.1 cm³/mol. The monoisotopic (exact) mass is 367 g/mol. The van der Waals surface area contributed by atoms with Gasteiger partial charge in [0, 0.05) is 6.54 Å². The molecular weight excluding hydrogens is 342 g/mol. The second-order valence-corrected chi connectivity index (χ2v) is 6.24. The zero-order valence-electron chi connectivity index (χ0n) is 14.3. The number of anilines is 2. The fraction of sp³-hybridized carbons (Fsp3) is 0.667. The van der Waals surface area contributed by atoms with Crippen LogP contribution >= 0.6 is 0 Å². The molecule has 1 fully saturated rings. The first-order chi connectivity index (χ1) is 12.6. The summed E-state index contributed by atoms with van der Waals surface area (Å²) in [4.78, 5) is 12.6. The van der Waals surface area contributed by atoms with Gasteiger partial charge in [-0.3, -0.25) is 4.57 Å². The summed E-state index contributed by atoms with van der Waals surface area (Å²) in [5.41, 5.74) is 12.1. The van der Waals surface area contributed by atoms with Crippen molar-refractivity contribution in [1.82, 2.24) is 19.5 Å². The first kappa shape index (κ1) is 18.7. The van der Waals surface area contributed by atoms with Crippen molar-refractivity contribution < 1.29 is 20.1 Å². The third kappa shape index (κ3) is 3.44. The maximum Gasteiger partial charge on any atom is 0.207 e. The van der Waals surface area contributed by atoms with Gasteiger partial charge < -0.3 is 36.8 Å². The zero-order chi connectivity index (χ0) is 18.7. The van der Waals surface area contributed by atoms with Gasteiger partial charge in [0.15, 0.2) is 23.2 Å². The minimum atomic E-state index is -1.25. The lowest BCUT2D eigenvalue weighted by Crippen LogP contribution is -2.33. The number of fused-ring (bicyclic) bond motifs is 1. The van der Waals surface area contributed by atoms with E-state index in [0.717, 1.165) is 19.3 Å². The van der Waals surface area contributed by atoms with Crippen LogP contribution in [0.4, 0.5) is 11.8 Å². The van der Waals surface area contributed by atoms with Crippen LogP contribution in [0.5, 0.6) is 0 Å². The van der Waals surface area contributed by atoms with Crippen LogP contribution in [-0.2, 0) is 4.74 Å². The number of hydrogen-bond acceptors (Lipinski definition) is 10. The Morgan fingerprint density at radius 1 is 1.19 bits per heavy atom. The summed E-state index contributed by atoms with van der Waals surface area (Å²) in [7, 11) is 0. The van der Waals surface area contributed by atoms with Crippen LogP contribution in [0.3, 0.4) is 0 Å². The Balaban J connectivity index is 1.91. The highest BCUT2D eigenvalue weighted by Crippen LogP contribution is 2.35. The molecule has 11 heteroatoms. The number of aliphatic hydroxyl groups is 3. The van der Waals surface area contributed by atoms with Crippen molar-refractivity contribution in [3.8, 4) is 0 Å². The van der Waals surface area contributed by atoms with Gasteiger partial charge in [-0.25, -0.2) is 15.0 Å². The summed E-state index contributed by atoms with van der Waals surface area (Å²) >= 11 is 0. The van der Waals surface area contributed by atoms with E-state index in [1.165, 1.54) is 6.33 Å². The molecule has 1 aliphatic rings. The number of ether oxygens (including phenoxy) is 1. The van der Waals surface area contributed by atoms with Crippen molar-refractivity contribution in [3.63, 3.8) is 0 Å². The number of unbranched alkanes of at least 4 members (excludes halogenated alkanes) is 2. The topological polar surface area (TPSA) is 178 Å². The van der Waals surface area contributed by atoms with Crippen molar-refractivity contribution in [1.29, 1.82) is 0 Å². The Labute approximate surface area is 150 Å². The van der Waals surface area contributed by atoms with E-state index in [1.54, 1.807) is 4.57 Å². The van der Waals surface area contributed by atoms with E-state index in [1.807, 2.05) is 0 Å². The number of hydrogen-bond donors (Lipinski definition) is 6. The average Bonchev–Trinajstić information content (AvgIpc) is 3.14. The van der Waals surface area contributed by atoms with Crippen LogP contribution in [0.15, 0.2) is 6.33 Å². The second-order valence-electron chi connectivity index (χ2n) is 6.24. The summed E-state index contributed by atoms with van der Waals surface area (Å²) in [5.74, 6) is 0.599. The van der Waals surface area contributed by atoms with E-state index in [0.29, 0.717) is 30.2 Å². The van der Waals surface area contributed by atoms with E-state index in [2.05, 4.69) is 20.3 Å². The molecule has 8 N–H and O–H groups in total. The molecule has 0 spiro atoms. The molecule has 0 saturated carbocycles. The molecule has 0 bridgehead atoms. The summed E-state index contributed by atoms with van der Waals surface area (Å²) in [6.07, 6.45) is -0.250. The Hall–Kier alpha value is -2.05. The summed E-state index contributed by atoms with van der Waals surface area (Å²) < 4.78 is 7.17. The van der Waals surface area contributed by atoms with Gasteiger partial charge >= 0.3 is 0 Å². The van der Waals surface area contributed by atoms with Crippen molar-refractivity contribution >= 4 is 22.9 Å². The standard InChI is InChI=1S/C15H25N7O4/c16-4-2-1-3-5-18-15-21-9-12(17)19-7-20-13(9)22(15)14-11(25)10(24)8(6-23)26-14/h7-8,10-11,14,23-25H,1-6,16H2,(H,18,21)(H2,17,19,20)/t8-,10+,11-,14-/m1/s1. The first-order valence-electron chi connectivity index (χ1n) is 8.63. The molecule has 26 heavy (non-hydrogen) atoms. The highest BCUT2D eigenvalue weighted by Gasteiger charge is 2.45. The van der Waals surface area contributed by atoms with Crippen LogP contribution in [0.2, 0.25) is 0 Å². The molecule has 144 valence electrons. The summed E-state index contributed by atoms with van der Waals surface area (Å²) in [6.45, 7) is 0.860. The number of imidazole rings is 1. The SMILES string of the molecule is NCCCCCNc1nc2c(N)ncnc2n1[C@@H]1O[C@H](CO)[C@H](O)[C@H]1O. The Kier molecular flexibility index (Phi) is 5.84. The highest BCUT2D eigenvalue weighted by molar-refractivity contribution is 5.84. The Morgan fingerprint density at radius 2 is 2.00 bits per heavy atom. The van der Waals surface area contributed by atoms with E-state index in [-0.39, 0.29) is 5.82 Å². The maximum atomic E-state index is 10.4. The maximum absolute atomic E-state index is 10.4. The molecule has 1 aliphatic heterocycles. The molecule has 0 unspecified atom stereocenters. The molecule has 0 radical (unpaired) electrons. The third-order valence-corrected chi connectivity index (χ3v) is 4.44. The fourth-order valence-corrected chi connectivity index (χ4v) is 3.03. The number of nitrogen functional groups attached to an aromatic ring is 1. The van der Waals surface area contributed by atoms with Gasteiger partial charge in [0.25, 0.3) is 0 Å². The van der Waals surface area contributed by atoms with Gasteiger partial charge in [-0.05, 0) is 19.4 Å². The fourth-order valence-electron chi connectivity index (χ4n) is 3.03. The van der Waals surface area contributed by atoms with Crippen LogP contribution in [-0.4, -0.2) is 72.8 Å². The van der Waals surface area contributed by atoms with E-state index >= 15 is 0 Å². The van der Waals surface area contributed by atoms with Gasteiger partial charge in [0.1, 0.15) is 24.6 Å². The quantitative estimate of drug-likeness (QED) is 0.303. The minimum absolute atomic E-state index is 0.201. The van der Waals surface area contributed by atoms with E-state index in [4.69, 9.17) is 16.2 Å². The van der Waals surface area contributed by atoms with Crippen molar-refractivity contribution in [2.24, 2.45) is 5.73 Å². The van der Waals surface area contributed by atoms with Crippen molar-refractivity contribution in [2.75, 3.05) is 30.7 Å². The molecule has 2 aromatic heterocycles. The average molecular weight is 367 g/mol. The third-order valence-electron chi connectivity index (χ3n) is 4.44. The smallest absolute Gasteiger partial charge is 0.207 e. The second kappa shape index (κ2) is 8.10. The van der Waals surface area contributed by atoms with Crippen molar-refractivity contribution in [3.05, 3.63) is 6.33 Å². The summed E-state index contributed by atoms with van der Waals surface area (Å²) in [6, 6.07) is 0. The van der Waals surface area contributed by atoms with Crippen LogP contribution in [0.25, 0.3) is 11.2 Å². The minimum Gasteiger partial charge on any atom is -0.394 e. The highest BCUT2D eigenvalue weighted by atomic mass is 16.6. The molecule has 0 aliphatic carbocycles. The number of nitrogens with zero attached hydrogens (tertiary/aromatic N) is 4. The molecule has 3 rings (SSSR count). The molecular formula is C15H25N7O4. The normalized spacial score (nSPS) is 25.8. The number of aromatic nitrogens is 4. The van der Waals surface area contributed by atoms with Gasteiger partial charge in [0.2, 0.25) is 5.95 Å². The van der Waals surface area contributed by atoms with Gasteiger partial charge in [-0.2, -0.15) is 0 Å². The first-order valence-corrected chi connectivity index (χ1v) is 8.63. The number of nitrogens with two attached hydrogens (primary N) is 2. The largest absolute Gasteiger partial charge is 0.394 e. The molecule has 3 heterocycles. The zero-order valence-corrected chi connectivity index (χ0v) is 14.3. The molecule has 0 aromatic carbocycles. The predicted octanol–water partition coefficient (Wildman–Crippen LogP) is -1.44. The molecule has 11 nitrogen and oxygen atoms in total. The Bertz CT molecular complexity index is 740. The van der Waals surface area contributed by atoms with Crippen LogP contribution in [0.1, 0.15) is 25.5 Å². The van der Waals surface area contributed by atoms with Gasteiger partial charge in [-0.15, -0.1) is 0 Å². The number of rotatable bonds is 8. The van der Waals surface area contributed by atoms with Gasteiger partial charge in [-0.1, -0.05) is 6.42 Å². The van der Waals surface area contributed by atoms with Crippen LogP contribution in [0, 0.1) is 0 Å². The molecule has 1 saturated heterocycles. The number of aliphatic hydroxyl groups excluding tert-OH is 3. The lowest BCUT2D eigenvalue weighted by Gasteiger charge is -2.19. The van der Waals surface area contributed by atoms with Crippen LogP contribution < -0.4 is 16.8 Å².